The Bertz CT molecular complexity index is 1080. The van der Waals surface area contributed by atoms with Gasteiger partial charge in [0.15, 0.2) is 11.2 Å². The number of nitrogens with zero attached hydrogens (tertiary/aromatic N) is 4. The van der Waals surface area contributed by atoms with E-state index >= 15 is 0 Å². The van der Waals surface area contributed by atoms with Gasteiger partial charge in [0.05, 0.1) is 6.54 Å². The van der Waals surface area contributed by atoms with Crippen LogP contribution in [0.2, 0.25) is 10.3 Å². The van der Waals surface area contributed by atoms with Crippen LogP contribution < -0.4 is 11.2 Å². The van der Waals surface area contributed by atoms with Crippen molar-refractivity contribution in [2.24, 2.45) is 7.05 Å². The van der Waals surface area contributed by atoms with Gasteiger partial charge in [-0.3, -0.25) is 13.9 Å². The summed E-state index contributed by atoms with van der Waals surface area (Å²) in [5.41, 5.74) is 0.643. The second-order valence-electron chi connectivity index (χ2n) is 5.59. The summed E-state index contributed by atoms with van der Waals surface area (Å²) in [6.07, 6.45) is 3.65. The van der Waals surface area contributed by atoms with E-state index < -0.39 is 11.2 Å². The first-order valence-electron chi connectivity index (χ1n) is 7.65. The smallest absolute Gasteiger partial charge is 0.304 e. The third-order valence-electron chi connectivity index (χ3n) is 3.96. The van der Waals surface area contributed by atoms with Crippen LogP contribution in [0, 0.1) is 0 Å². The molecule has 0 N–H and O–H groups in total. The van der Waals surface area contributed by atoms with Gasteiger partial charge in [-0.1, -0.05) is 35.9 Å². The first-order valence-corrected chi connectivity index (χ1v) is 8.40. The highest BCUT2D eigenvalue weighted by molar-refractivity contribution is 6.30. The maximum Gasteiger partial charge on any atom is 0.332 e. The van der Waals surface area contributed by atoms with Crippen molar-refractivity contribution in [3.8, 4) is 0 Å². The molecule has 0 aliphatic heterocycles. The molecule has 0 saturated carbocycles. The predicted octanol–water partition coefficient (Wildman–Crippen LogP) is 2.83. The van der Waals surface area contributed by atoms with E-state index in [0.717, 1.165) is 10.1 Å². The van der Waals surface area contributed by atoms with Gasteiger partial charge in [-0.05, 0) is 36.2 Å². The molecule has 25 heavy (non-hydrogen) atoms. The van der Waals surface area contributed by atoms with Gasteiger partial charge in [0.2, 0.25) is 5.28 Å². The lowest BCUT2D eigenvalue weighted by atomic mass is 10.2. The Balaban J connectivity index is 2.25. The molecule has 3 aromatic rings. The minimum absolute atomic E-state index is 0.155. The van der Waals surface area contributed by atoms with Crippen LogP contribution >= 0.6 is 23.2 Å². The molecule has 0 aliphatic carbocycles. The maximum absolute atomic E-state index is 12.6. The second-order valence-corrected chi connectivity index (χ2v) is 6.37. The molecule has 0 amide bonds. The van der Waals surface area contributed by atoms with Crippen molar-refractivity contribution in [2.45, 2.75) is 20.0 Å². The average molecular weight is 379 g/mol. The van der Waals surface area contributed by atoms with Crippen LogP contribution in [-0.4, -0.2) is 18.7 Å². The highest BCUT2D eigenvalue weighted by Crippen LogP contribution is 2.19. The second kappa shape index (κ2) is 6.90. The topological polar surface area (TPSA) is 61.8 Å². The summed E-state index contributed by atoms with van der Waals surface area (Å²) in [6.45, 7) is 2.52. The van der Waals surface area contributed by atoms with Crippen LogP contribution in [0.5, 0.6) is 0 Å². The number of rotatable bonds is 4. The van der Waals surface area contributed by atoms with Gasteiger partial charge in [-0.25, -0.2) is 4.79 Å². The van der Waals surface area contributed by atoms with Crippen molar-refractivity contribution in [2.75, 3.05) is 0 Å². The van der Waals surface area contributed by atoms with Crippen molar-refractivity contribution < 1.29 is 0 Å². The van der Waals surface area contributed by atoms with Crippen LogP contribution in [0.3, 0.4) is 0 Å². The van der Waals surface area contributed by atoms with Gasteiger partial charge < -0.3 is 4.57 Å². The number of benzene rings is 1. The van der Waals surface area contributed by atoms with E-state index in [-0.39, 0.29) is 10.9 Å². The Morgan fingerprint density at radius 2 is 1.80 bits per heavy atom. The summed E-state index contributed by atoms with van der Waals surface area (Å²) in [5, 5.41) is 0.781. The summed E-state index contributed by atoms with van der Waals surface area (Å²) in [7, 11) is 1.45. The standard InChI is InChI=1S/C17H16Cl2N4O2/c1-3-4-9-22-14-13(15(24)21(2)17(22)25)23(16(19)20-14)10-11-5-7-12(18)8-6-11/h3-8H,9-10H2,1-2H3/b4-3+. The fourth-order valence-electron chi connectivity index (χ4n) is 2.62. The van der Waals surface area contributed by atoms with Crippen LogP contribution in [0.15, 0.2) is 46.0 Å². The first-order chi connectivity index (χ1) is 11.9. The molecule has 0 fully saturated rings. The number of hydrogen-bond donors (Lipinski definition) is 0. The molecular formula is C17H16Cl2N4O2. The molecule has 0 unspecified atom stereocenters. The first kappa shape index (κ1) is 17.5. The van der Waals surface area contributed by atoms with Gasteiger partial charge in [0, 0.05) is 18.6 Å². The van der Waals surface area contributed by atoms with E-state index in [1.54, 1.807) is 16.7 Å². The summed E-state index contributed by atoms with van der Waals surface area (Å²) in [6, 6.07) is 7.24. The minimum Gasteiger partial charge on any atom is -0.304 e. The Labute approximate surface area is 153 Å². The van der Waals surface area contributed by atoms with Crippen molar-refractivity contribution in [1.29, 1.82) is 0 Å². The van der Waals surface area contributed by atoms with Crippen molar-refractivity contribution >= 4 is 34.4 Å². The highest BCUT2D eigenvalue weighted by Gasteiger charge is 2.19. The summed E-state index contributed by atoms with van der Waals surface area (Å²) >= 11 is 12.2. The lowest BCUT2D eigenvalue weighted by Gasteiger charge is -2.09. The third-order valence-corrected chi connectivity index (χ3v) is 4.50. The van der Waals surface area contributed by atoms with Gasteiger partial charge in [0.25, 0.3) is 5.56 Å². The monoisotopic (exact) mass is 378 g/mol. The lowest BCUT2D eigenvalue weighted by Crippen LogP contribution is -2.38. The quantitative estimate of drug-likeness (QED) is 0.517. The average Bonchev–Trinajstić information content (AvgIpc) is 2.91. The van der Waals surface area contributed by atoms with Crippen molar-refractivity contribution in [3.05, 3.63) is 73.1 Å². The molecule has 3 rings (SSSR count). The molecule has 0 bridgehead atoms. The number of allylic oxidation sites excluding steroid dienone is 2. The van der Waals surface area contributed by atoms with E-state index in [1.807, 2.05) is 31.2 Å². The van der Waals surface area contributed by atoms with Crippen LogP contribution in [0.4, 0.5) is 0 Å². The summed E-state index contributed by atoms with van der Waals surface area (Å²) in [5.74, 6) is 0. The Morgan fingerprint density at radius 1 is 1.12 bits per heavy atom. The van der Waals surface area contributed by atoms with E-state index in [2.05, 4.69) is 4.98 Å². The molecule has 0 spiro atoms. The normalized spacial score (nSPS) is 11.7. The highest BCUT2D eigenvalue weighted by atomic mass is 35.5. The predicted molar refractivity (Wildman–Crippen MR) is 99.6 cm³/mol. The van der Waals surface area contributed by atoms with Crippen molar-refractivity contribution in [3.63, 3.8) is 0 Å². The minimum atomic E-state index is -0.427. The Morgan fingerprint density at radius 3 is 2.44 bits per heavy atom. The maximum atomic E-state index is 12.6. The molecule has 0 aliphatic rings. The van der Waals surface area contributed by atoms with Crippen molar-refractivity contribution in [1.82, 2.24) is 18.7 Å². The fourth-order valence-corrected chi connectivity index (χ4v) is 2.97. The number of hydrogen-bond acceptors (Lipinski definition) is 3. The zero-order valence-electron chi connectivity index (χ0n) is 13.7. The zero-order valence-corrected chi connectivity index (χ0v) is 15.3. The SMILES string of the molecule is C/C=C/Cn1c(=O)n(C)c(=O)c2c1nc(Cl)n2Cc1ccc(Cl)cc1. The van der Waals surface area contributed by atoms with Gasteiger partial charge in [-0.2, -0.15) is 4.98 Å². The molecule has 8 heteroatoms. The van der Waals surface area contributed by atoms with Crippen LogP contribution in [0.1, 0.15) is 12.5 Å². The Kier molecular flexibility index (Phi) is 4.83. The number of aromatic nitrogens is 4. The summed E-state index contributed by atoms with van der Waals surface area (Å²) < 4.78 is 4.11. The van der Waals surface area contributed by atoms with E-state index in [1.165, 1.54) is 11.6 Å². The molecule has 1 aromatic carbocycles. The van der Waals surface area contributed by atoms with Crippen LogP contribution in [0.25, 0.3) is 11.2 Å². The lowest BCUT2D eigenvalue weighted by molar-refractivity contribution is 0.673. The number of imidazole rings is 1. The van der Waals surface area contributed by atoms with Gasteiger partial charge in [-0.15, -0.1) is 0 Å². The number of halogens is 2. The van der Waals surface area contributed by atoms with E-state index in [9.17, 15) is 9.59 Å². The molecule has 0 atom stereocenters. The molecule has 130 valence electrons. The van der Waals surface area contributed by atoms with E-state index in [0.29, 0.717) is 23.6 Å². The molecule has 0 radical (unpaired) electrons. The number of fused-ring (bicyclic) bond motifs is 1. The summed E-state index contributed by atoms with van der Waals surface area (Å²) in [4.78, 5) is 29.3. The van der Waals surface area contributed by atoms with E-state index in [4.69, 9.17) is 23.2 Å². The zero-order chi connectivity index (χ0) is 18.1. The molecule has 0 saturated heterocycles. The third kappa shape index (κ3) is 3.15. The fraction of sp³-hybridized carbons (Fsp3) is 0.235. The van der Waals surface area contributed by atoms with Gasteiger partial charge in [0.1, 0.15) is 0 Å². The van der Waals surface area contributed by atoms with Gasteiger partial charge >= 0.3 is 5.69 Å². The Hall–Kier alpha value is -2.31. The molecule has 2 heterocycles. The van der Waals surface area contributed by atoms with Crippen LogP contribution in [-0.2, 0) is 20.1 Å². The molecular weight excluding hydrogens is 363 g/mol. The molecule has 2 aromatic heterocycles. The molecule has 6 nitrogen and oxygen atoms in total. The largest absolute Gasteiger partial charge is 0.332 e.